The molecular formula is C15H20N2O2. The lowest BCUT2D eigenvalue weighted by Crippen LogP contribution is -2.36. The molecule has 19 heavy (non-hydrogen) atoms. The summed E-state index contributed by atoms with van der Waals surface area (Å²) in [6, 6.07) is 5.51. The minimum atomic E-state index is -0.601. The van der Waals surface area contributed by atoms with Gasteiger partial charge >= 0.3 is 5.91 Å². The number of methoxy groups -OCH3 is 1. The van der Waals surface area contributed by atoms with E-state index < -0.39 is 5.91 Å². The molecule has 0 aliphatic rings. The van der Waals surface area contributed by atoms with E-state index in [4.69, 9.17) is 10.00 Å². The van der Waals surface area contributed by atoms with Crippen LogP contribution in [0.1, 0.15) is 30.5 Å². The van der Waals surface area contributed by atoms with Gasteiger partial charge in [0, 0.05) is 12.0 Å². The van der Waals surface area contributed by atoms with E-state index in [1.54, 1.807) is 13.2 Å². The molecule has 1 N–H and O–H groups in total. The summed E-state index contributed by atoms with van der Waals surface area (Å²) >= 11 is 0. The Morgan fingerprint density at radius 3 is 2.53 bits per heavy atom. The number of hydrogen-bond acceptors (Lipinski definition) is 3. The monoisotopic (exact) mass is 260 g/mol. The van der Waals surface area contributed by atoms with Crippen LogP contribution in [0.5, 0.6) is 5.75 Å². The summed E-state index contributed by atoms with van der Waals surface area (Å²) in [5.74, 6) is 0.258. The summed E-state index contributed by atoms with van der Waals surface area (Å²) in [6.07, 6.45) is 0. The van der Waals surface area contributed by atoms with Gasteiger partial charge in [0.1, 0.15) is 5.75 Å². The Hall–Kier alpha value is -2.02. The van der Waals surface area contributed by atoms with Crippen LogP contribution in [0.3, 0.4) is 0 Å². The Morgan fingerprint density at radius 1 is 1.37 bits per heavy atom. The fourth-order valence-corrected chi connectivity index (χ4v) is 2.19. The fraction of sp³-hybridized carbons (Fsp3) is 0.467. The van der Waals surface area contributed by atoms with E-state index in [1.165, 1.54) is 0 Å². The first kappa shape index (κ1) is 15.0. The van der Waals surface area contributed by atoms with Crippen molar-refractivity contribution >= 4 is 5.91 Å². The molecule has 0 aliphatic carbocycles. The van der Waals surface area contributed by atoms with Gasteiger partial charge in [-0.3, -0.25) is 4.79 Å². The molecule has 0 unspecified atom stereocenters. The van der Waals surface area contributed by atoms with Gasteiger partial charge < -0.3 is 10.1 Å². The maximum atomic E-state index is 11.0. The van der Waals surface area contributed by atoms with Gasteiger partial charge in [-0.25, -0.2) is 0 Å². The van der Waals surface area contributed by atoms with Crippen molar-refractivity contribution < 1.29 is 9.53 Å². The first-order valence-corrected chi connectivity index (χ1v) is 6.16. The van der Waals surface area contributed by atoms with Gasteiger partial charge in [0.25, 0.3) is 0 Å². The molecule has 1 aromatic rings. The normalized spacial score (nSPS) is 10.7. The highest BCUT2D eigenvalue weighted by atomic mass is 16.5. The summed E-state index contributed by atoms with van der Waals surface area (Å²) in [5.41, 5.74) is 3.15. The van der Waals surface area contributed by atoms with E-state index in [-0.39, 0.29) is 5.41 Å². The number of amides is 1. The van der Waals surface area contributed by atoms with E-state index in [2.05, 4.69) is 5.32 Å². The molecule has 0 aromatic heterocycles. The van der Waals surface area contributed by atoms with Gasteiger partial charge in [0.2, 0.25) is 0 Å². The summed E-state index contributed by atoms with van der Waals surface area (Å²) in [4.78, 5) is 11.0. The number of benzene rings is 1. The van der Waals surface area contributed by atoms with Gasteiger partial charge in [-0.2, -0.15) is 5.26 Å². The molecule has 0 saturated carbocycles. The van der Waals surface area contributed by atoms with E-state index in [1.807, 2.05) is 39.8 Å². The third-order valence-corrected chi connectivity index (χ3v) is 3.48. The highest BCUT2D eigenvalue weighted by Crippen LogP contribution is 2.31. The highest BCUT2D eigenvalue weighted by molar-refractivity contribution is 5.91. The third-order valence-electron chi connectivity index (χ3n) is 3.48. The molecule has 1 amide bonds. The van der Waals surface area contributed by atoms with Crippen LogP contribution >= 0.6 is 0 Å². The molecule has 0 radical (unpaired) electrons. The summed E-state index contributed by atoms with van der Waals surface area (Å²) in [7, 11) is 1.65. The lowest BCUT2D eigenvalue weighted by Gasteiger charge is -2.28. The zero-order chi connectivity index (χ0) is 14.6. The number of nitrogens with one attached hydrogen (secondary N) is 1. The second-order valence-corrected chi connectivity index (χ2v) is 5.24. The largest absolute Gasteiger partial charge is 0.496 e. The van der Waals surface area contributed by atoms with Crippen LogP contribution in [0.15, 0.2) is 12.1 Å². The minimum Gasteiger partial charge on any atom is -0.496 e. The fourth-order valence-electron chi connectivity index (χ4n) is 2.19. The smallest absolute Gasteiger partial charge is 0.322 e. The van der Waals surface area contributed by atoms with E-state index in [0.29, 0.717) is 6.54 Å². The number of rotatable bonds is 4. The van der Waals surface area contributed by atoms with Crippen LogP contribution in [0.25, 0.3) is 0 Å². The molecule has 0 aliphatic heterocycles. The zero-order valence-corrected chi connectivity index (χ0v) is 12.1. The van der Waals surface area contributed by atoms with Crippen molar-refractivity contribution in [3.05, 3.63) is 28.8 Å². The van der Waals surface area contributed by atoms with Crippen molar-refractivity contribution in [2.75, 3.05) is 13.7 Å². The van der Waals surface area contributed by atoms with Crippen molar-refractivity contribution in [1.29, 1.82) is 5.26 Å². The molecule has 4 heteroatoms. The average Bonchev–Trinajstić information content (AvgIpc) is 2.38. The zero-order valence-electron chi connectivity index (χ0n) is 12.1. The molecule has 0 saturated heterocycles. The van der Waals surface area contributed by atoms with E-state index in [9.17, 15) is 4.79 Å². The molecule has 0 heterocycles. The number of nitriles is 1. The molecule has 1 aromatic carbocycles. The van der Waals surface area contributed by atoms with Crippen LogP contribution in [0, 0.1) is 25.2 Å². The molecule has 0 spiro atoms. The number of nitrogens with zero attached hydrogens (tertiary/aromatic N) is 1. The van der Waals surface area contributed by atoms with Crippen LogP contribution < -0.4 is 10.1 Å². The minimum absolute atomic E-state index is 0.242. The molecular weight excluding hydrogens is 240 g/mol. The van der Waals surface area contributed by atoms with Crippen molar-refractivity contribution in [2.24, 2.45) is 0 Å². The maximum Gasteiger partial charge on any atom is 0.322 e. The van der Waals surface area contributed by atoms with Crippen molar-refractivity contribution in [3.63, 3.8) is 0 Å². The predicted octanol–water partition coefficient (Wildman–Crippen LogP) is 2.23. The molecule has 4 nitrogen and oxygen atoms in total. The maximum absolute atomic E-state index is 11.0. The third kappa shape index (κ3) is 3.25. The SMILES string of the molecule is COc1ccc(C(C)(C)CNC(=O)C#N)c(C)c1C. The predicted molar refractivity (Wildman–Crippen MR) is 74.1 cm³/mol. The molecule has 102 valence electrons. The number of ether oxygens (including phenoxy) is 1. The van der Waals surface area contributed by atoms with E-state index in [0.717, 1.165) is 22.4 Å². The number of hydrogen-bond donors (Lipinski definition) is 1. The van der Waals surface area contributed by atoms with Crippen LogP contribution in [0.4, 0.5) is 0 Å². The highest BCUT2D eigenvalue weighted by Gasteiger charge is 2.24. The van der Waals surface area contributed by atoms with Gasteiger partial charge in [-0.1, -0.05) is 19.9 Å². The molecule has 0 bridgehead atoms. The lowest BCUT2D eigenvalue weighted by atomic mass is 9.80. The Bertz CT molecular complexity index is 528. The Balaban J connectivity index is 3.05. The summed E-state index contributed by atoms with van der Waals surface area (Å²) in [5, 5.41) is 11.1. The summed E-state index contributed by atoms with van der Waals surface area (Å²) < 4.78 is 5.30. The van der Waals surface area contributed by atoms with Crippen molar-refractivity contribution in [2.45, 2.75) is 33.1 Å². The van der Waals surface area contributed by atoms with E-state index >= 15 is 0 Å². The standard InChI is InChI=1S/C15H20N2O2/c1-10-11(2)13(19-5)7-6-12(10)15(3,4)9-17-14(18)8-16/h6-7H,9H2,1-5H3,(H,17,18). The van der Waals surface area contributed by atoms with Crippen LogP contribution in [-0.4, -0.2) is 19.6 Å². The Kier molecular flexibility index (Phi) is 4.55. The van der Waals surface area contributed by atoms with Crippen molar-refractivity contribution in [3.8, 4) is 11.8 Å². The van der Waals surface area contributed by atoms with Gasteiger partial charge in [0.15, 0.2) is 6.07 Å². The Morgan fingerprint density at radius 2 is 2.00 bits per heavy atom. The quantitative estimate of drug-likeness (QED) is 0.844. The lowest BCUT2D eigenvalue weighted by molar-refractivity contribution is -0.116. The number of carbonyl (C=O) groups excluding carboxylic acids is 1. The first-order chi connectivity index (χ1) is 8.83. The average molecular weight is 260 g/mol. The van der Waals surface area contributed by atoms with Crippen molar-refractivity contribution in [1.82, 2.24) is 5.32 Å². The Labute approximate surface area is 114 Å². The van der Waals surface area contributed by atoms with Gasteiger partial charge in [0.05, 0.1) is 7.11 Å². The molecule has 0 atom stereocenters. The second-order valence-electron chi connectivity index (χ2n) is 5.24. The second kappa shape index (κ2) is 5.75. The summed E-state index contributed by atoms with van der Waals surface area (Å²) in [6.45, 7) is 8.56. The first-order valence-electron chi connectivity index (χ1n) is 6.16. The van der Waals surface area contributed by atoms with Crippen LogP contribution in [-0.2, 0) is 10.2 Å². The van der Waals surface area contributed by atoms with Crippen LogP contribution in [0.2, 0.25) is 0 Å². The van der Waals surface area contributed by atoms with Gasteiger partial charge in [-0.15, -0.1) is 0 Å². The molecule has 0 fully saturated rings. The molecule has 1 rings (SSSR count). The topological polar surface area (TPSA) is 62.1 Å². The van der Waals surface area contributed by atoms with Gasteiger partial charge in [-0.05, 0) is 36.6 Å². The number of carbonyl (C=O) groups is 1.